The molecule has 0 bridgehead atoms. The Bertz CT molecular complexity index is 682. The molecule has 0 atom stereocenters. The summed E-state index contributed by atoms with van der Waals surface area (Å²) in [6.45, 7) is 2.24. The number of carbonyl (C=O) groups is 1. The van der Waals surface area contributed by atoms with Crippen LogP contribution in [0.1, 0.15) is 21.6 Å². The molecule has 1 N–H and O–H groups in total. The molecule has 21 heavy (non-hydrogen) atoms. The lowest BCUT2D eigenvalue weighted by molar-refractivity contribution is 0.0953. The van der Waals surface area contributed by atoms with Crippen molar-refractivity contribution in [3.8, 4) is 0 Å². The lowest BCUT2D eigenvalue weighted by Gasteiger charge is -2.07. The van der Waals surface area contributed by atoms with E-state index in [9.17, 15) is 4.79 Å². The van der Waals surface area contributed by atoms with E-state index in [0.29, 0.717) is 28.6 Å². The molecule has 4 nitrogen and oxygen atoms in total. The van der Waals surface area contributed by atoms with Gasteiger partial charge in [0.2, 0.25) is 0 Å². The highest BCUT2D eigenvalue weighted by Crippen LogP contribution is 2.21. The van der Waals surface area contributed by atoms with E-state index in [0.717, 1.165) is 11.3 Å². The highest BCUT2D eigenvalue weighted by molar-refractivity contribution is 6.35. The third-order valence-corrected chi connectivity index (χ3v) is 4.06. The number of halogens is 3. The van der Waals surface area contributed by atoms with Crippen LogP contribution in [0.4, 0.5) is 0 Å². The summed E-state index contributed by atoms with van der Waals surface area (Å²) in [5, 5.41) is 8.21. The molecule has 1 aromatic heterocycles. The summed E-state index contributed by atoms with van der Waals surface area (Å²) in [6, 6.07) is 5.30. The highest BCUT2D eigenvalue weighted by Gasteiger charge is 2.18. The van der Waals surface area contributed by atoms with E-state index < -0.39 is 0 Å². The Morgan fingerprint density at radius 3 is 2.62 bits per heavy atom. The number of rotatable bonds is 4. The molecule has 0 spiro atoms. The van der Waals surface area contributed by atoms with Gasteiger partial charge in [0.1, 0.15) is 0 Å². The van der Waals surface area contributed by atoms with E-state index in [1.807, 2.05) is 6.07 Å². The number of hydrogen-bond acceptors (Lipinski definition) is 2. The molecular weight excluding hydrogens is 333 g/mol. The fourth-order valence-corrected chi connectivity index (χ4v) is 2.79. The molecule has 1 amide bonds. The van der Waals surface area contributed by atoms with Gasteiger partial charge >= 0.3 is 0 Å². The summed E-state index contributed by atoms with van der Waals surface area (Å²) in [7, 11) is 1.74. The minimum Gasteiger partial charge on any atom is -0.352 e. The summed E-state index contributed by atoms with van der Waals surface area (Å²) in [4.78, 5) is 12.1. The zero-order chi connectivity index (χ0) is 15.6. The van der Waals surface area contributed by atoms with Gasteiger partial charge in [-0.05, 0) is 31.0 Å². The van der Waals surface area contributed by atoms with E-state index in [1.165, 1.54) is 0 Å². The predicted octanol–water partition coefficient (Wildman–Crippen LogP) is 3.66. The van der Waals surface area contributed by atoms with Crippen molar-refractivity contribution < 1.29 is 4.79 Å². The van der Waals surface area contributed by atoms with Crippen LogP contribution in [-0.4, -0.2) is 22.2 Å². The average Bonchev–Trinajstić information content (AvgIpc) is 2.66. The van der Waals surface area contributed by atoms with Crippen LogP contribution in [0, 0.1) is 6.92 Å². The summed E-state index contributed by atoms with van der Waals surface area (Å²) < 4.78 is 1.58. The standard InChI is InChI=1S/C14H14Cl3N3O/c1-8-12(13(17)19-20(8)2)14(21)18-6-5-9-3-4-10(15)7-11(9)16/h3-4,7H,5-6H2,1-2H3,(H,18,21). The van der Waals surface area contributed by atoms with Crippen molar-refractivity contribution >= 4 is 40.7 Å². The van der Waals surface area contributed by atoms with Crippen LogP contribution in [0.2, 0.25) is 15.2 Å². The third-order valence-electron chi connectivity index (χ3n) is 3.21. The summed E-state index contributed by atoms with van der Waals surface area (Å²) in [5.74, 6) is -0.240. The fourth-order valence-electron chi connectivity index (χ4n) is 1.95. The Hall–Kier alpha value is -1.23. The summed E-state index contributed by atoms with van der Waals surface area (Å²) >= 11 is 17.9. The molecule has 0 saturated carbocycles. The van der Waals surface area contributed by atoms with Gasteiger partial charge in [0.25, 0.3) is 5.91 Å². The van der Waals surface area contributed by atoms with Crippen molar-refractivity contribution in [2.75, 3.05) is 6.54 Å². The zero-order valence-electron chi connectivity index (χ0n) is 11.6. The highest BCUT2D eigenvalue weighted by atomic mass is 35.5. The molecular formula is C14H14Cl3N3O. The number of nitrogens with one attached hydrogen (secondary N) is 1. The minimum atomic E-state index is -0.240. The molecule has 0 aliphatic carbocycles. The number of nitrogens with zero attached hydrogens (tertiary/aromatic N) is 2. The van der Waals surface area contributed by atoms with Crippen molar-refractivity contribution in [3.05, 3.63) is 50.2 Å². The number of carbonyl (C=O) groups excluding carboxylic acids is 1. The van der Waals surface area contributed by atoms with Crippen molar-refractivity contribution in [3.63, 3.8) is 0 Å². The Morgan fingerprint density at radius 2 is 2.05 bits per heavy atom. The van der Waals surface area contributed by atoms with Crippen molar-refractivity contribution in [2.45, 2.75) is 13.3 Å². The number of aromatic nitrogens is 2. The molecule has 1 aromatic carbocycles. The first kappa shape index (κ1) is 16.1. The van der Waals surface area contributed by atoms with Crippen LogP contribution in [0.3, 0.4) is 0 Å². The Morgan fingerprint density at radius 1 is 1.33 bits per heavy atom. The molecule has 0 aliphatic rings. The predicted molar refractivity (Wildman–Crippen MR) is 85.5 cm³/mol. The number of amides is 1. The largest absolute Gasteiger partial charge is 0.352 e. The molecule has 0 unspecified atom stereocenters. The second-order valence-corrected chi connectivity index (χ2v) is 5.82. The maximum absolute atomic E-state index is 12.1. The van der Waals surface area contributed by atoms with Crippen molar-refractivity contribution in [1.29, 1.82) is 0 Å². The summed E-state index contributed by atoms with van der Waals surface area (Å²) in [5.41, 5.74) is 2.05. The van der Waals surface area contributed by atoms with Gasteiger partial charge in [-0.25, -0.2) is 0 Å². The van der Waals surface area contributed by atoms with E-state index in [2.05, 4.69) is 10.4 Å². The molecule has 0 saturated heterocycles. The summed E-state index contributed by atoms with van der Waals surface area (Å²) in [6.07, 6.45) is 0.610. The molecule has 2 rings (SSSR count). The second-order valence-electron chi connectivity index (χ2n) is 4.62. The Kier molecular flexibility index (Phi) is 5.14. The molecule has 0 aliphatic heterocycles. The van der Waals surface area contributed by atoms with Gasteiger partial charge in [-0.3, -0.25) is 9.48 Å². The molecule has 1 heterocycles. The van der Waals surface area contributed by atoms with Crippen LogP contribution in [0.25, 0.3) is 0 Å². The molecule has 0 fully saturated rings. The smallest absolute Gasteiger partial charge is 0.256 e. The maximum atomic E-state index is 12.1. The topological polar surface area (TPSA) is 46.9 Å². The Labute approximate surface area is 138 Å². The molecule has 7 heteroatoms. The van der Waals surface area contributed by atoms with E-state index in [4.69, 9.17) is 34.8 Å². The van der Waals surface area contributed by atoms with Gasteiger partial charge in [0.15, 0.2) is 5.15 Å². The third kappa shape index (κ3) is 3.70. The van der Waals surface area contributed by atoms with Crippen LogP contribution in [-0.2, 0) is 13.5 Å². The maximum Gasteiger partial charge on any atom is 0.256 e. The van der Waals surface area contributed by atoms with Gasteiger partial charge < -0.3 is 5.32 Å². The van der Waals surface area contributed by atoms with Crippen molar-refractivity contribution in [2.24, 2.45) is 7.05 Å². The van der Waals surface area contributed by atoms with Crippen LogP contribution < -0.4 is 5.32 Å². The SMILES string of the molecule is Cc1c(C(=O)NCCc2ccc(Cl)cc2Cl)c(Cl)nn1C. The number of benzene rings is 1. The van der Waals surface area contributed by atoms with Gasteiger partial charge in [0, 0.05) is 29.3 Å². The van der Waals surface area contributed by atoms with Crippen LogP contribution in [0.5, 0.6) is 0 Å². The van der Waals surface area contributed by atoms with Crippen LogP contribution in [0.15, 0.2) is 18.2 Å². The fraction of sp³-hybridized carbons (Fsp3) is 0.286. The first-order chi connectivity index (χ1) is 9.90. The number of aryl methyl sites for hydroxylation is 1. The van der Waals surface area contributed by atoms with Gasteiger partial charge in [0.05, 0.1) is 5.56 Å². The van der Waals surface area contributed by atoms with Crippen molar-refractivity contribution in [1.82, 2.24) is 15.1 Å². The molecule has 0 radical (unpaired) electrons. The number of hydrogen-bond donors (Lipinski definition) is 1. The van der Waals surface area contributed by atoms with E-state index in [1.54, 1.807) is 30.8 Å². The first-order valence-corrected chi connectivity index (χ1v) is 7.44. The lowest BCUT2D eigenvalue weighted by atomic mass is 10.1. The molecule has 112 valence electrons. The molecule has 2 aromatic rings. The monoisotopic (exact) mass is 345 g/mol. The quantitative estimate of drug-likeness (QED) is 0.918. The van der Waals surface area contributed by atoms with E-state index >= 15 is 0 Å². The van der Waals surface area contributed by atoms with Gasteiger partial charge in [-0.1, -0.05) is 40.9 Å². The lowest BCUT2D eigenvalue weighted by Crippen LogP contribution is -2.26. The first-order valence-electron chi connectivity index (χ1n) is 6.31. The zero-order valence-corrected chi connectivity index (χ0v) is 13.9. The normalized spacial score (nSPS) is 10.7. The average molecular weight is 347 g/mol. The minimum absolute atomic E-state index is 0.206. The van der Waals surface area contributed by atoms with Gasteiger partial charge in [-0.2, -0.15) is 5.10 Å². The van der Waals surface area contributed by atoms with E-state index in [-0.39, 0.29) is 11.1 Å². The van der Waals surface area contributed by atoms with Gasteiger partial charge in [-0.15, -0.1) is 0 Å². The van der Waals surface area contributed by atoms with Crippen LogP contribution >= 0.6 is 34.8 Å². The second kappa shape index (κ2) is 6.69. The Balaban J connectivity index is 1.98.